The minimum absolute atomic E-state index is 0.382. The van der Waals surface area contributed by atoms with Gasteiger partial charge in [0.15, 0.2) is 6.20 Å². The van der Waals surface area contributed by atoms with Gasteiger partial charge in [0, 0.05) is 41.4 Å². The number of imidazole rings is 2. The first-order valence-electron chi connectivity index (χ1n) is 7.28. The fraction of sp³-hybridized carbons (Fsp3) is 0.286. The molecule has 3 aromatic rings. The van der Waals surface area contributed by atoms with Crippen LogP contribution in [0.5, 0.6) is 0 Å². The summed E-state index contributed by atoms with van der Waals surface area (Å²) in [5.41, 5.74) is 3.09. The van der Waals surface area contributed by atoms with Crippen molar-refractivity contribution in [2.75, 3.05) is 0 Å². The third-order valence-electron chi connectivity index (χ3n) is 3.31. The highest BCUT2D eigenvalue weighted by molar-refractivity contribution is 5.57. The zero-order valence-corrected chi connectivity index (χ0v) is 10.7. The van der Waals surface area contributed by atoms with Crippen LogP contribution < -0.4 is 4.57 Å². The fourth-order valence-corrected chi connectivity index (χ4v) is 2.23. The van der Waals surface area contributed by atoms with Gasteiger partial charge >= 0.3 is 0 Å². The molecule has 0 unspecified atom stereocenters. The van der Waals surface area contributed by atoms with Gasteiger partial charge in [-0.3, -0.25) is 4.40 Å². The molecule has 3 heterocycles. The Balaban J connectivity index is 2.21. The Morgan fingerprint density at radius 3 is 2.94 bits per heavy atom. The molecule has 0 amide bonds. The van der Waals surface area contributed by atoms with Crippen molar-refractivity contribution in [2.24, 2.45) is 14.1 Å². The second-order valence-corrected chi connectivity index (χ2v) is 4.57. The van der Waals surface area contributed by atoms with Gasteiger partial charge in [0.2, 0.25) is 11.5 Å². The maximum absolute atomic E-state index is 7.59. The minimum Gasteiger partial charge on any atom is -0.308 e. The molecule has 0 aromatic carbocycles. The van der Waals surface area contributed by atoms with E-state index in [1.54, 1.807) is 12.4 Å². The topological polar surface area (TPSA) is 26.1 Å². The monoisotopic (exact) mass is 244 g/mol. The van der Waals surface area contributed by atoms with Crippen molar-refractivity contribution in [1.82, 2.24) is 14.0 Å². The average molecular weight is 244 g/mol. The normalized spacial score (nSPS) is 14.5. The van der Waals surface area contributed by atoms with Crippen LogP contribution in [0.25, 0.3) is 17.2 Å². The summed E-state index contributed by atoms with van der Waals surface area (Å²) < 4.78 is 28.6. The van der Waals surface area contributed by atoms with E-state index in [0.29, 0.717) is 5.56 Å². The molecule has 0 spiro atoms. The van der Waals surface area contributed by atoms with E-state index in [4.69, 9.17) is 4.11 Å². The molecule has 0 aliphatic carbocycles. The average Bonchev–Trinajstić information content (AvgIpc) is 2.94. The number of rotatable bonds is 1. The molecule has 4 heteroatoms. The van der Waals surface area contributed by atoms with E-state index in [-0.39, 0.29) is 0 Å². The van der Waals surface area contributed by atoms with Crippen LogP contribution in [0.1, 0.15) is 15.2 Å². The van der Waals surface area contributed by atoms with Crippen LogP contribution in [-0.2, 0) is 14.1 Å². The Morgan fingerprint density at radius 2 is 2.22 bits per heavy atom. The smallest absolute Gasteiger partial charge is 0.230 e. The maximum atomic E-state index is 7.59. The van der Waals surface area contributed by atoms with Gasteiger partial charge in [-0.1, -0.05) is 0 Å². The summed E-state index contributed by atoms with van der Waals surface area (Å²) in [4.78, 5) is 4.30. The molecule has 0 bridgehead atoms. The summed E-state index contributed by atoms with van der Waals surface area (Å²) in [7, 11) is 3.81. The lowest BCUT2D eigenvalue weighted by atomic mass is 10.1. The molecule has 3 aromatic heterocycles. The number of hydrogen-bond acceptors (Lipinski definition) is 1. The number of pyridine rings is 1. The zero-order chi connectivity index (χ0) is 15.4. The standard InChI is InChI=1S/C14H17N4/c1-10-7-12(16(3)8-11(10)2)13-9-18-6-5-15-14(18)17(13)4/h5-9H,1-4H3/q+1/i2D3. The van der Waals surface area contributed by atoms with Crippen LogP contribution in [0.15, 0.2) is 30.9 Å². The second-order valence-electron chi connectivity index (χ2n) is 4.57. The van der Waals surface area contributed by atoms with Crippen molar-refractivity contribution in [3.8, 4) is 11.4 Å². The predicted octanol–water partition coefficient (Wildman–Crippen LogP) is 1.78. The third-order valence-corrected chi connectivity index (χ3v) is 3.31. The summed E-state index contributed by atoms with van der Waals surface area (Å²) in [6.45, 7) is -0.261. The van der Waals surface area contributed by atoms with Gasteiger partial charge in [-0.05, 0) is 19.3 Å². The van der Waals surface area contributed by atoms with E-state index in [1.165, 1.54) is 0 Å². The van der Waals surface area contributed by atoms with Crippen LogP contribution in [0.4, 0.5) is 0 Å². The van der Waals surface area contributed by atoms with Gasteiger partial charge < -0.3 is 4.57 Å². The number of aromatic nitrogens is 4. The third kappa shape index (κ3) is 1.45. The van der Waals surface area contributed by atoms with E-state index < -0.39 is 6.85 Å². The van der Waals surface area contributed by atoms with E-state index >= 15 is 0 Å². The van der Waals surface area contributed by atoms with Gasteiger partial charge in [0.25, 0.3) is 0 Å². The van der Waals surface area contributed by atoms with Crippen LogP contribution in [0.2, 0.25) is 0 Å². The summed E-state index contributed by atoms with van der Waals surface area (Å²) in [5, 5.41) is 0. The highest BCUT2D eigenvalue weighted by atomic mass is 15.2. The molecule has 0 saturated carbocycles. The Hall–Kier alpha value is -2.10. The summed E-state index contributed by atoms with van der Waals surface area (Å²) in [6, 6.07) is 1.91. The van der Waals surface area contributed by atoms with Crippen molar-refractivity contribution < 1.29 is 8.68 Å². The number of fused-ring (bicyclic) bond motifs is 1. The first-order chi connectivity index (χ1) is 9.79. The van der Waals surface area contributed by atoms with Crippen LogP contribution in [-0.4, -0.2) is 14.0 Å². The molecule has 0 saturated heterocycles. The Kier molecular flexibility index (Phi) is 1.66. The molecule has 0 atom stereocenters. The number of hydrogen-bond donors (Lipinski definition) is 0. The SMILES string of the molecule is [2H]C([2H])([2H])c1c[n+](C)c(-c2cn3ccnc3n2C)cc1C. The van der Waals surface area contributed by atoms with Crippen molar-refractivity contribution in [2.45, 2.75) is 13.8 Å². The van der Waals surface area contributed by atoms with E-state index in [0.717, 1.165) is 22.7 Å². The predicted molar refractivity (Wildman–Crippen MR) is 70.2 cm³/mol. The summed E-state index contributed by atoms with van der Waals surface area (Å²) in [5.74, 6) is 0.850. The quantitative estimate of drug-likeness (QED) is 0.599. The van der Waals surface area contributed by atoms with E-state index in [2.05, 4.69) is 4.98 Å². The molecular formula is C14H17N4+. The molecule has 0 N–H and O–H groups in total. The number of aryl methyl sites for hydroxylation is 4. The molecule has 0 aliphatic rings. The van der Waals surface area contributed by atoms with Crippen molar-refractivity contribution in [3.63, 3.8) is 0 Å². The fourth-order valence-electron chi connectivity index (χ4n) is 2.23. The van der Waals surface area contributed by atoms with E-state index in [9.17, 15) is 0 Å². The Labute approximate surface area is 110 Å². The molecule has 0 radical (unpaired) electrons. The van der Waals surface area contributed by atoms with Gasteiger partial charge in [0.05, 0.1) is 0 Å². The van der Waals surface area contributed by atoms with Gasteiger partial charge in [-0.2, -0.15) is 4.57 Å². The maximum Gasteiger partial charge on any atom is 0.230 e. The molecule has 92 valence electrons. The number of nitrogens with zero attached hydrogens (tertiary/aromatic N) is 4. The Morgan fingerprint density at radius 1 is 1.39 bits per heavy atom. The van der Waals surface area contributed by atoms with Crippen LogP contribution in [0.3, 0.4) is 0 Å². The van der Waals surface area contributed by atoms with Gasteiger partial charge in [-0.15, -0.1) is 0 Å². The van der Waals surface area contributed by atoms with Gasteiger partial charge in [-0.25, -0.2) is 4.98 Å². The largest absolute Gasteiger partial charge is 0.308 e. The summed E-state index contributed by atoms with van der Waals surface area (Å²) in [6.07, 6.45) is 7.32. The molecule has 0 aliphatic heterocycles. The molecule has 18 heavy (non-hydrogen) atoms. The molecule has 4 nitrogen and oxygen atoms in total. The summed E-state index contributed by atoms with van der Waals surface area (Å²) >= 11 is 0. The van der Waals surface area contributed by atoms with E-state index in [1.807, 2.05) is 53.0 Å². The highest BCUT2D eigenvalue weighted by Crippen LogP contribution is 2.20. The lowest BCUT2D eigenvalue weighted by Gasteiger charge is -2.04. The van der Waals surface area contributed by atoms with Crippen LogP contribution >= 0.6 is 0 Å². The molecule has 0 fully saturated rings. The van der Waals surface area contributed by atoms with Crippen molar-refractivity contribution >= 4 is 5.78 Å². The molecular weight excluding hydrogens is 224 g/mol. The van der Waals surface area contributed by atoms with Gasteiger partial charge in [0.1, 0.15) is 12.7 Å². The second kappa shape index (κ2) is 3.70. The first kappa shape index (κ1) is 8.08. The Bertz CT molecular complexity index is 827. The zero-order valence-electron chi connectivity index (χ0n) is 13.7. The van der Waals surface area contributed by atoms with Crippen LogP contribution in [0, 0.1) is 13.8 Å². The molecule has 3 rings (SSSR count). The lowest BCUT2D eigenvalue weighted by molar-refractivity contribution is -0.661. The van der Waals surface area contributed by atoms with Crippen molar-refractivity contribution in [1.29, 1.82) is 0 Å². The highest BCUT2D eigenvalue weighted by Gasteiger charge is 2.17. The lowest BCUT2D eigenvalue weighted by Crippen LogP contribution is -2.32. The minimum atomic E-state index is -2.09. The van der Waals surface area contributed by atoms with Crippen molar-refractivity contribution in [3.05, 3.63) is 42.0 Å². The first-order valence-corrected chi connectivity index (χ1v) is 5.78.